The van der Waals surface area contributed by atoms with Crippen molar-refractivity contribution in [2.75, 3.05) is 11.9 Å². The number of sulfonamides is 1. The van der Waals surface area contributed by atoms with Gasteiger partial charge in [-0.1, -0.05) is 13.3 Å². The largest absolute Gasteiger partial charge is 0.478 e. The normalized spacial score (nSPS) is 13.0. The molecule has 20 heavy (non-hydrogen) atoms. The SMILES string of the molecule is CCCC(C)N(C)c1ccc(S(N)(=O)=O)cc1C(=O)O. The average Bonchev–Trinajstić information content (AvgIpc) is 2.36. The number of hydrogen-bond donors (Lipinski definition) is 2. The van der Waals surface area contributed by atoms with Crippen molar-refractivity contribution < 1.29 is 18.3 Å². The Hall–Kier alpha value is -1.60. The summed E-state index contributed by atoms with van der Waals surface area (Å²) in [4.78, 5) is 13.0. The van der Waals surface area contributed by atoms with Crippen LogP contribution >= 0.6 is 0 Å². The molecule has 0 heterocycles. The summed E-state index contributed by atoms with van der Waals surface area (Å²) in [6.45, 7) is 4.04. The van der Waals surface area contributed by atoms with Crippen LogP contribution in [0.2, 0.25) is 0 Å². The molecule has 1 atom stereocenters. The van der Waals surface area contributed by atoms with Gasteiger partial charge in [-0.05, 0) is 31.5 Å². The molecule has 1 unspecified atom stereocenters. The van der Waals surface area contributed by atoms with E-state index >= 15 is 0 Å². The van der Waals surface area contributed by atoms with Gasteiger partial charge in [0.2, 0.25) is 10.0 Å². The molecule has 6 nitrogen and oxygen atoms in total. The summed E-state index contributed by atoms with van der Waals surface area (Å²) in [7, 11) is -2.12. The summed E-state index contributed by atoms with van der Waals surface area (Å²) < 4.78 is 22.6. The molecule has 0 saturated heterocycles. The van der Waals surface area contributed by atoms with E-state index in [9.17, 15) is 18.3 Å². The molecule has 0 spiro atoms. The number of nitrogens with two attached hydrogens (primary N) is 1. The van der Waals surface area contributed by atoms with Gasteiger partial charge in [0.05, 0.1) is 16.1 Å². The minimum Gasteiger partial charge on any atom is -0.478 e. The molecule has 0 aliphatic heterocycles. The van der Waals surface area contributed by atoms with Crippen molar-refractivity contribution in [3.8, 4) is 0 Å². The molecule has 0 aliphatic rings. The van der Waals surface area contributed by atoms with Gasteiger partial charge in [-0.2, -0.15) is 0 Å². The van der Waals surface area contributed by atoms with E-state index in [0.29, 0.717) is 5.69 Å². The number of carboxylic acid groups (broad SMARTS) is 1. The Morgan fingerprint density at radius 1 is 1.45 bits per heavy atom. The van der Waals surface area contributed by atoms with E-state index in [1.807, 2.05) is 18.7 Å². The molecule has 0 saturated carbocycles. The van der Waals surface area contributed by atoms with Gasteiger partial charge >= 0.3 is 5.97 Å². The fraction of sp³-hybridized carbons (Fsp3) is 0.462. The van der Waals surface area contributed by atoms with Crippen LogP contribution in [0.1, 0.15) is 37.0 Å². The van der Waals surface area contributed by atoms with E-state index in [1.165, 1.54) is 12.1 Å². The number of carboxylic acids is 1. The first-order valence-electron chi connectivity index (χ1n) is 6.31. The van der Waals surface area contributed by atoms with Crippen molar-refractivity contribution in [3.63, 3.8) is 0 Å². The molecule has 0 aromatic heterocycles. The molecule has 0 aliphatic carbocycles. The first-order valence-corrected chi connectivity index (χ1v) is 7.86. The zero-order valence-electron chi connectivity index (χ0n) is 11.8. The Kier molecular flexibility index (Phi) is 5.13. The van der Waals surface area contributed by atoms with Gasteiger partial charge in [-0.25, -0.2) is 18.4 Å². The van der Waals surface area contributed by atoms with Crippen molar-refractivity contribution in [1.82, 2.24) is 0 Å². The minimum atomic E-state index is -3.91. The van der Waals surface area contributed by atoms with Gasteiger partial charge < -0.3 is 10.0 Å². The molecular weight excluding hydrogens is 280 g/mol. The third kappa shape index (κ3) is 3.71. The highest BCUT2D eigenvalue weighted by molar-refractivity contribution is 7.89. The molecule has 1 rings (SSSR count). The molecule has 3 N–H and O–H groups in total. The van der Waals surface area contributed by atoms with Crippen LogP contribution in [-0.4, -0.2) is 32.6 Å². The minimum absolute atomic E-state index is 0.0676. The third-order valence-electron chi connectivity index (χ3n) is 3.27. The monoisotopic (exact) mass is 300 g/mol. The molecular formula is C13H20N2O4S. The predicted octanol–water partition coefficient (Wildman–Crippen LogP) is 1.66. The van der Waals surface area contributed by atoms with E-state index < -0.39 is 16.0 Å². The van der Waals surface area contributed by atoms with Crippen LogP contribution in [0.5, 0.6) is 0 Å². The topological polar surface area (TPSA) is 101 Å². The lowest BCUT2D eigenvalue weighted by Crippen LogP contribution is -2.30. The van der Waals surface area contributed by atoms with Crippen molar-refractivity contribution >= 4 is 21.7 Å². The number of hydrogen-bond acceptors (Lipinski definition) is 4. The first-order chi connectivity index (χ1) is 9.18. The maximum Gasteiger partial charge on any atom is 0.337 e. The Morgan fingerprint density at radius 2 is 2.05 bits per heavy atom. The second-order valence-corrected chi connectivity index (χ2v) is 6.34. The fourth-order valence-electron chi connectivity index (χ4n) is 2.02. The smallest absolute Gasteiger partial charge is 0.337 e. The van der Waals surface area contributed by atoms with Gasteiger partial charge in [0.15, 0.2) is 0 Å². The number of primary sulfonamides is 1. The van der Waals surface area contributed by atoms with Crippen molar-refractivity contribution in [2.24, 2.45) is 5.14 Å². The fourth-order valence-corrected chi connectivity index (χ4v) is 2.56. The van der Waals surface area contributed by atoms with Crippen LogP contribution in [0.4, 0.5) is 5.69 Å². The van der Waals surface area contributed by atoms with Crippen LogP contribution in [0.25, 0.3) is 0 Å². The lowest BCUT2D eigenvalue weighted by Gasteiger charge is -2.28. The highest BCUT2D eigenvalue weighted by Crippen LogP contribution is 2.25. The molecule has 0 bridgehead atoms. The number of nitrogens with zero attached hydrogens (tertiary/aromatic N) is 1. The number of carbonyl (C=O) groups is 1. The van der Waals surface area contributed by atoms with Crippen LogP contribution in [0.3, 0.4) is 0 Å². The number of anilines is 1. The van der Waals surface area contributed by atoms with Crippen LogP contribution < -0.4 is 10.0 Å². The van der Waals surface area contributed by atoms with Crippen molar-refractivity contribution in [1.29, 1.82) is 0 Å². The summed E-state index contributed by atoms with van der Waals surface area (Å²) in [6, 6.07) is 4.06. The van der Waals surface area contributed by atoms with E-state index in [1.54, 1.807) is 7.05 Å². The zero-order chi connectivity index (χ0) is 15.5. The molecule has 7 heteroatoms. The van der Waals surface area contributed by atoms with Gasteiger partial charge in [0, 0.05) is 13.1 Å². The molecule has 0 fully saturated rings. The zero-order valence-corrected chi connectivity index (χ0v) is 12.6. The summed E-state index contributed by atoms with van der Waals surface area (Å²) in [5.74, 6) is -1.18. The number of aromatic carboxylic acids is 1. The van der Waals surface area contributed by atoms with Gasteiger partial charge in [-0.15, -0.1) is 0 Å². The van der Waals surface area contributed by atoms with Gasteiger partial charge in [0.25, 0.3) is 0 Å². The maximum absolute atomic E-state index is 11.3. The lowest BCUT2D eigenvalue weighted by molar-refractivity contribution is 0.0697. The Labute approximate surface area is 119 Å². The van der Waals surface area contributed by atoms with E-state index in [2.05, 4.69) is 0 Å². The Morgan fingerprint density at radius 3 is 2.50 bits per heavy atom. The van der Waals surface area contributed by atoms with Crippen LogP contribution in [-0.2, 0) is 10.0 Å². The summed E-state index contributed by atoms with van der Waals surface area (Å²) >= 11 is 0. The second kappa shape index (κ2) is 6.23. The first kappa shape index (κ1) is 16.5. The molecule has 0 radical (unpaired) electrons. The van der Waals surface area contributed by atoms with Crippen LogP contribution in [0.15, 0.2) is 23.1 Å². The number of rotatable bonds is 6. The summed E-state index contributed by atoms with van der Waals surface area (Å²) in [6.07, 6.45) is 1.88. The van der Waals surface area contributed by atoms with Crippen molar-refractivity contribution in [3.05, 3.63) is 23.8 Å². The number of benzene rings is 1. The Balaban J connectivity index is 3.31. The quantitative estimate of drug-likeness (QED) is 0.832. The standard InChI is InChI=1S/C13H20N2O4S/c1-4-5-9(2)15(3)12-7-6-10(20(14,18)19)8-11(12)13(16)17/h6-9H,4-5H2,1-3H3,(H,16,17)(H2,14,18,19). The highest BCUT2D eigenvalue weighted by atomic mass is 32.2. The van der Waals surface area contributed by atoms with E-state index in [0.717, 1.165) is 18.9 Å². The predicted molar refractivity (Wildman–Crippen MR) is 77.5 cm³/mol. The molecule has 1 aromatic carbocycles. The van der Waals surface area contributed by atoms with Crippen LogP contribution in [0, 0.1) is 0 Å². The van der Waals surface area contributed by atoms with Crippen molar-refractivity contribution in [2.45, 2.75) is 37.6 Å². The van der Waals surface area contributed by atoms with E-state index in [-0.39, 0.29) is 16.5 Å². The summed E-state index contributed by atoms with van der Waals surface area (Å²) in [5.41, 5.74) is 0.410. The second-order valence-electron chi connectivity index (χ2n) is 4.78. The third-order valence-corrected chi connectivity index (χ3v) is 4.19. The highest BCUT2D eigenvalue weighted by Gasteiger charge is 2.20. The molecule has 1 aromatic rings. The van der Waals surface area contributed by atoms with Gasteiger partial charge in [0.1, 0.15) is 0 Å². The molecule has 112 valence electrons. The Bertz CT molecular complexity index is 598. The summed E-state index contributed by atoms with van der Waals surface area (Å²) in [5, 5.41) is 14.3. The lowest BCUT2D eigenvalue weighted by atomic mass is 10.1. The maximum atomic E-state index is 11.3. The van der Waals surface area contributed by atoms with Gasteiger partial charge in [-0.3, -0.25) is 0 Å². The van der Waals surface area contributed by atoms with E-state index in [4.69, 9.17) is 5.14 Å². The molecule has 0 amide bonds. The average molecular weight is 300 g/mol.